The number of nitro benzene ring substituents is 1. The Morgan fingerprint density at radius 1 is 0.973 bits per heavy atom. The van der Waals surface area contributed by atoms with Crippen molar-refractivity contribution in [3.63, 3.8) is 0 Å². The molecule has 4 rings (SSSR count). The molecular weight excluding hydrogens is 472 g/mol. The highest BCUT2D eigenvalue weighted by Crippen LogP contribution is 2.25. The summed E-state index contributed by atoms with van der Waals surface area (Å²) in [5, 5.41) is 16.9. The predicted molar refractivity (Wildman–Crippen MR) is 141 cm³/mol. The van der Waals surface area contributed by atoms with Gasteiger partial charge in [-0.15, -0.1) is 0 Å². The first-order valence-electron chi connectivity index (χ1n) is 12.2. The molecule has 9 heteroatoms. The van der Waals surface area contributed by atoms with Crippen molar-refractivity contribution in [2.75, 3.05) is 31.6 Å². The third-order valence-corrected chi connectivity index (χ3v) is 6.52. The van der Waals surface area contributed by atoms with Gasteiger partial charge in [-0.1, -0.05) is 24.3 Å². The number of hydrogen-bond acceptors (Lipinski definition) is 6. The second-order valence-electron chi connectivity index (χ2n) is 8.91. The van der Waals surface area contributed by atoms with E-state index in [0.29, 0.717) is 30.8 Å². The number of carbonyl (C=O) groups is 2. The molecule has 0 radical (unpaired) electrons. The number of non-ortho nitro benzene ring substituents is 1. The number of piperidine rings is 1. The van der Waals surface area contributed by atoms with E-state index in [0.717, 1.165) is 36.3 Å². The highest BCUT2D eigenvalue weighted by atomic mass is 16.6. The lowest BCUT2D eigenvalue weighted by Crippen LogP contribution is -2.45. The van der Waals surface area contributed by atoms with Crippen LogP contribution in [0.4, 0.5) is 11.4 Å². The quantitative estimate of drug-likeness (QED) is 0.338. The Morgan fingerprint density at radius 2 is 1.65 bits per heavy atom. The summed E-state index contributed by atoms with van der Waals surface area (Å²) in [6.45, 7) is 1.92. The number of nitrogens with one attached hydrogen (secondary N) is 2. The van der Waals surface area contributed by atoms with Crippen LogP contribution < -0.4 is 20.3 Å². The van der Waals surface area contributed by atoms with Gasteiger partial charge >= 0.3 is 0 Å². The van der Waals surface area contributed by atoms with Gasteiger partial charge in [0.2, 0.25) is 0 Å². The molecule has 0 aliphatic carbocycles. The summed E-state index contributed by atoms with van der Waals surface area (Å²) in [6, 6.07) is 20.9. The molecule has 1 fully saturated rings. The number of nitro groups is 1. The molecule has 9 nitrogen and oxygen atoms in total. The van der Waals surface area contributed by atoms with Crippen LogP contribution in [0.25, 0.3) is 0 Å². The summed E-state index contributed by atoms with van der Waals surface area (Å²) in [6.07, 6.45) is 2.18. The van der Waals surface area contributed by atoms with Crippen molar-refractivity contribution < 1.29 is 19.2 Å². The maximum Gasteiger partial charge on any atom is 0.269 e. The van der Waals surface area contributed by atoms with Crippen LogP contribution >= 0.6 is 0 Å². The fourth-order valence-corrected chi connectivity index (χ4v) is 4.42. The smallest absolute Gasteiger partial charge is 0.269 e. The first-order valence-corrected chi connectivity index (χ1v) is 12.2. The van der Waals surface area contributed by atoms with Crippen molar-refractivity contribution in [2.45, 2.75) is 25.3 Å². The number of carbonyl (C=O) groups excluding carboxylic acids is 2. The van der Waals surface area contributed by atoms with Gasteiger partial charge in [-0.3, -0.25) is 19.7 Å². The number of methoxy groups -OCH3 is 1. The van der Waals surface area contributed by atoms with Crippen LogP contribution in [-0.2, 0) is 6.42 Å². The summed E-state index contributed by atoms with van der Waals surface area (Å²) < 4.78 is 5.18. The Hall–Kier alpha value is -4.40. The van der Waals surface area contributed by atoms with Crippen LogP contribution in [0, 0.1) is 10.1 Å². The van der Waals surface area contributed by atoms with E-state index in [1.807, 2.05) is 48.5 Å². The molecule has 1 aliphatic heterocycles. The molecule has 37 heavy (non-hydrogen) atoms. The van der Waals surface area contributed by atoms with Gasteiger partial charge < -0.3 is 20.3 Å². The van der Waals surface area contributed by atoms with E-state index in [1.54, 1.807) is 7.11 Å². The number of nitrogens with zero attached hydrogens (tertiary/aromatic N) is 2. The number of ether oxygens (including phenoxy) is 1. The third-order valence-electron chi connectivity index (χ3n) is 6.52. The standard InChI is InChI=1S/C28H30N4O5/c1-37-24-12-6-20(7-13-24)14-17-29-28(34)25-4-2-3-5-26(25)31-18-15-22(16-19-31)30-27(33)21-8-10-23(11-9-21)32(35)36/h2-13,22H,14-19H2,1H3,(H,29,34)(H,30,33). The minimum Gasteiger partial charge on any atom is -0.497 e. The van der Waals surface area contributed by atoms with E-state index >= 15 is 0 Å². The molecule has 1 aliphatic rings. The molecule has 2 amide bonds. The lowest BCUT2D eigenvalue weighted by atomic mass is 10.0. The number of hydrogen-bond donors (Lipinski definition) is 2. The first-order chi connectivity index (χ1) is 17.9. The van der Waals surface area contributed by atoms with Crippen LogP contribution in [0.2, 0.25) is 0 Å². The molecule has 0 saturated carbocycles. The zero-order valence-electron chi connectivity index (χ0n) is 20.7. The fraction of sp³-hybridized carbons (Fsp3) is 0.286. The van der Waals surface area contributed by atoms with Crippen molar-refractivity contribution in [3.05, 3.63) is 99.6 Å². The SMILES string of the molecule is COc1ccc(CCNC(=O)c2ccccc2N2CCC(NC(=O)c3ccc([N+](=O)[O-])cc3)CC2)cc1. The average Bonchev–Trinajstić information content (AvgIpc) is 2.94. The molecule has 3 aromatic carbocycles. The van der Waals surface area contributed by atoms with Crippen molar-refractivity contribution in [2.24, 2.45) is 0 Å². The second-order valence-corrected chi connectivity index (χ2v) is 8.91. The van der Waals surface area contributed by atoms with Crippen molar-refractivity contribution >= 4 is 23.2 Å². The highest BCUT2D eigenvalue weighted by molar-refractivity contribution is 6.00. The van der Waals surface area contributed by atoms with Gasteiger partial charge in [0.05, 0.1) is 17.6 Å². The Bertz CT molecular complexity index is 1240. The zero-order chi connectivity index (χ0) is 26.2. The topological polar surface area (TPSA) is 114 Å². The third kappa shape index (κ3) is 6.63. The van der Waals surface area contributed by atoms with Crippen LogP contribution in [-0.4, -0.2) is 49.5 Å². The van der Waals surface area contributed by atoms with Gasteiger partial charge in [-0.2, -0.15) is 0 Å². The second kappa shape index (κ2) is 12.0. The number of para-hydroxylation sites is 1. The van der Waals surface area contributed by atoms with Crippen LogP contribution in [0.1, 0.15) is 39.1 Å². The molecule has 3 aromatic rings. The van der Waals surface area contributed by atoms with Crippen molar-refractivity contribution in [1.29, 1.82) is 0 Å². The van der Waals surface area contributed by atoms with Gasteiger partial charge in [-0.05, 0) is 61.2 Å². The van der Waals surface area contributed by atoms with Crippen LogP contribution in [0.3, 0.4) is 0 Å². The Kier molecular flexibility index (Phi) is 8.35. The molecule has 0 aromatic heterocycles. The van der Waals surface area contributed by atoms with E-state index in [9.17, 15) is 19.7 Å². The maximum atomic E-state index is 13.0. The minimum absolute atomic E-state index is 0.00979. The summed E-state index contributed by atoms with van der Waals surface area (Å²) in [5.41, 5.74) is 2.97. The molecule has 0 atom stereocenters. The largest absolute Gasteiger partial charge is 0.497 e. The minimum atomic E-state index is -0.490. The molecule has 0 bridgehead atoms. The van der Waals surface area contributed by atoms with Gasteiger partial charge in [0.1, 0.15) is 5.75 Å². The lowest BCUT2D eigenvalue weighted by molar-refractivity contribution is -0.384. The number of rotatable bonds is 9. The number of benzene rings is 3. The molecular formula is C28H30N4O5. The summed E-state index contributed by atoms with van der Waals surface area (Å²) >= 11 is 0. The van der Waals surface area contributed by atoms with Gasteiger partial charge in [0, 0.05) is 49.1 Å². The Balaban J connectivity index is 1.29. The summed E-state index contributed by atoms with van der Waals surface area (Å²) in [4.78, 5) is 38.0. The van der Waals surface area contributed by atoms with Gasteiger partial charge in [0.25, 0.3) is 17.5 Å². The van der Waals surface area contributed by atoms with E-state index in [4.69, 9.17) is 4.74 Å². The fourth-order valence-electron chi connectivity index (χ4n) is 4.42. The van der Waals surface area contributed by atoms with Crippen molar-refractivity contribution in [3.8, 4) is 5.75 Å². The predicted octanol–water partition coefficient (Wildman–Crippen LogP) is 3.97. The van der Waals surface area contributed by atoms with Crippen LogP contribution in [0.5, 0.6) is 5.75 Å². The van der Waals surface area contributed by atoms with Gasteiger partial charge in [0.15, 0.2) is 0 Å². The average molecular weight is 503 g/mol. The first kappa shape index (κ1) is 25.7. The van der Waals surface area contributed by atoms with E-state index in [1.165, 1.54) is 24.3 Å². The Labute approximate surface area is 215 Å². The maximum absolute atomic E-state index is 13.0. The molecule has 1 saturated heterocycles. The van der Waals surface area contributed by atoms with E-state index in [-0.39, 0.29) is 23.5 Å². The van der Waals surface area contributed by atoms with Gasteiger partial charge in [-0.25, -0.2) is 0 Å². The van der Waals surface area contributed by atoms with E-state index in [2.05, 4.69) is 15.5 Å². The lowest BCUT2D eigenvalue weighted by Gasteiger charge is -2.35. The zero-order valence-corrected chi connectivity index (χ0v) is 20.7. The molecule has 0 spiro atoms. The highest BCUT2D eigenvalue weighted by Gasteiger charge is 2.24. The molecule has 192 valence electrons. The normalized spacial score (nSPS) is 13.6. The molecule has 2 N–H and O–H groups in total. The number of anilines is 1. The summed E-state index contributed by atoms with van der Waals surface area (Å²) in [5.74, 6) is 0.444. The van der Waals surface area contributed by atoms with E-state index < -0.39 is 4.92 Å². The molecule has 1 heterocycles. The molecule has 0 unspecified atom stereocenters. The number of amides is 2. The van der Waals surface area contributed by atoms with Crippen LogP contribution in [0.15, 0.2) is 72.8 Å². The Morgan fingerprint density at radius 3 is 2.30 bits per heavy atom. The summed E-state index contributed by atoms with van der Waals surface area (Å²) in [7, 11) is 1.63. The monoisotopic (exact) mass is 502 g/mol. The van der Waals surface area contributed by atoms with Crippen molar-refractivity contribution in [1.82, 2.24) is 10.6 Å².